The number of nitrogens with one attached hydrogen (secondary N) is 1. The predicted molar refractivity (Wildman–Crippen MR) is 104 cm³/mol. The van der Waals surface area contributed by atoms with Crippen molar-refractivity contribution in [3.8, 4) is 5.75 Å². The summed E-state index contributed by atoms with van der Waals surface area (Å²) in [6.07, 6.45) is 0. The summed E-state index contributed by atoms with van der Waals surface area (Å²) in [6.45, 7) is 0. The van der Waals surface area contributed by atoms with Crippen molar-refractivity contribution in [3.63, 3.8) is 0 Å². The van der Waals surface area contributed by atoms with E-state index in [4.69, 9.17) is 9.72 Å². The molecule has 0 bridgehead atoms. The SMILES string of the molecule is COc1ccc(N2C(=O)c3ccccc3[C@H]2c2nc3ccccc3[nH]2)cc1. The van der Waals surface area contributed by atoms with Crippen LogP contribution in [0.3, 0.4) is 0 Å². The van der Waals surface area contributed by atoms with E-state index < -0.39 is 0 Å². The fourth-order valence-corrected chi connectivity index (χ4v) is 3.70. The molecule has 27 heavy (non-hydrogen) atoms. The van der Waals surface area contributed by atoms with Gasteiger partial charge in [0.2, 0.25) is 0 Å². The van der Waals surface area contributed by atoms with E-state index in [1.165, 1.54) is 0 Å². The molecule has 1 atom stereocenters. The smallest absolute Gasteiger partial charge is 0.259 e. The molecule has 1 aliphatic rings. The van der Waals surface area contributed by atoms with Crippen LogP contribution in [0.4, 0.5) is 5.69 Å². The highest BCUT2D eigenvalue weighted by Crippen LogP contribution is 2.41. The minimum atomic E-state index is -0.297. The second-order valence-electron chi connectivity index (χ2n) is 6.50. The molecular weight excluding hydrogens is 338 g/mol. The van der Waals surface area contributed by atoms with Crippen molar-refractivity contribution in [1.82, 2.24) is 9.97 Å². The number of rotatable bonds is 3. The van der Waals surface area contributed by atoms with Crippen LogP contribution in [0.5, 0.6) is 5.75 Å². The molecule has 0 fully saturated rings. The van der Waals surface area contributed by atoms with Crippen molar-refractivity contribution in [2.24, 2.45) is 0 Å². The van der Waals surface area contributed by atoms with Crippen molar-refractivity contribution in [2.45, 2.75) is 6.04 Å². The topological polar surface area (TPSA) is 58.2 Å². The molecule has 3 aromatic carbocycles. The first-order valence-electron chi connectivity index (χ1n) is 8.77. The highest BCUT2D eigenvalue weighted by Gasteiger charge is 2.40. The number of methoxy groups -OCH3 is 1. The van der Waals surface area contributed by atoms with Gasteiger partial charge in [0.05, 0.1) is 18.1 Å². The molecule has 2 heterocycles. The lowest BCUT2D eigenvalue weighted by molar-refractivity contribution is 0.0993. The number of nitrogens with zero attached hydrogens (tertiary/aromatic N) is 2. The zero-order chi connectivity index (χ0) is 18.4. The molecule has 5 nitrogen and oxygen atoms in total. The van der Waals surface area contributed by atoms with Gasteiger partial charge in [-0.05, 0) is 48.0 Å². The minimum Gasteiger partial charge on any atom is -0.497 e. The molecule has 0 saturated heterocycles. The average molecular weight is 355 g/mol. The number of amides is 1. The van der Waals surface area contributed by atoms with Gasteiger partial charge in [-0.2, -0.15) is 0 Å². The molecule has 1 aromatic heterocycles. The lowest BCUT2D eigenvalue weighted by atomic mass is 10.0. The number of para-hydroxylation sites is 2. The molecule has 5 heteroatoms. The van der Waals surface area contributed by atoms with Gasteiger partial charge in [0.1, 0.15) is 17.6 Å². The zero-order valence-electron chi connectivity index (χ0n) is 14.7. The van der Waals surface area contributed by atoms with E-state index in [1.54, 1.807) is 12.0 Å². The van der Waals surface area contributed by atoms with E-state index in [0.29, 0.717) is 5.56 Å². The maximum atomic E-state index is 13.2. The van der Waals surface area contributed by atoms with E-state index in [-0.39, 0.29) is 11.9 Å². The number of carbonyl (C=O) groups is 1. The summed E-state index contributed by atoms with van der Waals surface area (Å²) in [7, 11) is 1.63. The molecule has 1 N–H and O–H groups in total. The van der Waals surface area contributed by atoms with Crippen LogP contribution in [0.25, 0.3) is 11.0 Å². The summed E-state index contributed by atoms with van der Waals surface area (Å²) in [5, 5.41) is 0. The van der Waals surface area contributed by atoms with Gasteiger partial charge in [-0.15, -0.1) is 0 Å². The molecule has 0 saturated carbocycles. The number of benzene rings is 3. The molecule has 4 aromatic rings. The first-order chi connectivity index (χ1) is 13.3. The van der Waals surface area contributed by atoms with Crippen LogP contribution in [0, 0.1) is 0 Å². The molecule has 1 amide bonds. The predicted octanol–water partition coefficient (Wildman–Crippen LogP) is 4.32. The Bertz CT molecular complexity index is 1110. The summed E-state index contributed by atoms with van der Waals surface area (Å²) >= 11 is 0. The van der Waals surface area contributed by atoms with Crippen molar-refractivity contribution in [2.75, 3.05) is 12.0 Å². The molecule has 0 spiro atoms. The van der Waals surface area contributed by atoms with E-state index in [2.05, 4.69) is 4.98 Å². The van der Waals surface area contributed by atoms with Crippen molar-refractivity contribution < 1.29 is 9.53 Å². The Hall–Kier alpha value is -3.60. The Kier molecular flexibility index (Phi) is 3.47. The number of aromatic amines is 1. The number of hydrogen-bond donors (Lipinski definition) is 1. The molecule has 1 aliphatic heterocycles. The molecule has 5 rings (SSSR count). The van der Waals surface area contributed by atoms with E-state index in [1.807, 2.05) is 72.8 Å². The molecule has 0 unspecified atom stereocenters. The van der Waals surface area contributed by atoms with Crippen LogP contribution in [-0.4, -0.2) is 23.0 Å². The maximum absolute atomic E-state index is 13.2. The minimum absolute atomic E-state index is 0.0266. The number of anilines is 1. The van der Waals surface area contributed by atoms with Crippen LogP contribution in [-0.2, 0) is 0 Å². The summed E-state index contributed by atoms with van der Waals surface area (Å²) in [5.74, 6) is 1.48. The van der Waals surface area contributed by atoms with E-state index in [9.17, 15) is 4.79 Å². The normalized spacial score (nSPS) is 16.0. The standard InChI is InChI=1S/C22H17N3O2/c1-27-15-12-10-14(11-13-15)25-20(16-6-2-3-7-17(16)22(25)26)21-23-18-8-4-5-9-19(18)24-21/h2-13,20H,1H3,(H,23,24)/t20-/m0/s1. The Morgan fingerprint density at radius 2 is 1.70 bits per heavy atom. The van der Waals surface area contributed by atoms with E-state index in [0.717, 1.165) is 33.9 Å². The average Bonchev–Trinajstić information content (AvgIpc) is 3.27. The zero-order valence-corrected chi connectivity index (χ0v) is 14.7. The van der Waals surface area contributed by atoms with Crippen LogP contribution < -0.4 is 9.64 Å². The summed E-state index contributed by atoms with van der Waals surface area (Å²) in [5.41, 5.74) is 4.32. The third-order valence-corrected chi connectivity index (χ3v) is 4.98. The Morgan fingerprint density at radius 3 is 2.48 bits per heavy atom. The molecule has 0 radical (unpaired) electrons. The third kappa shape index (κ3) is 2.39. The van der Waals surface area contributed by atoms with E-state index >= 15 is 0 Å². The number of carbonyl (C=O) groups excluding carboxylic acids is 1. The molecule has 0 aliphatic carbocycles. The summed E-state index contributed by atoms with van der Waals surface area (Å²) < 4.78 is 5.25. The van der Waals surface area contributed by atoms with Crippen molar-refractivity contribution >= 4 is 22.6 Å². The highest BCUT2D eigenvalue weighted by atomic mass is 16.5. The lowest BCUT2D eigenvalue weighted by Crippen LogP contribution is -2.29. The van der Waals surface area contributed by atoms with Gasteiger partial charge in [0, 0.05) is 11.3 Å². The number of H-pyrrole nitrogens is 1. The van der Waals surface area contributed by atoms with Crippen molar-refractivity contribution in [1.29, 1.82) is 0 Å². The Morgan fingerprint density at radius 1 is 0.963 bits per heavy atom. The van der Waals surface area contributed by atoms with Gasteiger partial charge in [0.15, 0.2) is 0 Å². The van der Waals surface area contributed by atoms with Crippen LogP contribution in [0.1, 0.15) is 27.8 Å². The number of imidazole rings is 1. The van der Waals surface area contributed by atoms with Gasteiger partial charge in [-0.1, -0.05) is 30.3 Å². The maximum Gasteiger partial charge on any atom is 0.259 e. The summed E-state index contributed by atoms with van der Waals surface area (Å²) in [6, 6.07) is 22.8. The number of aromatic nitrogens is 2. The number of fused-ring (bicyclic) bond motifs is 2. The van der Waals surface area contributed by atoms with Gasteiger partial charge in [0.25, 0.3) is 5.91 Å². The fourth-order valence-electron chi connectivity index (χ4n) is 3.70. The summed E-state index contributed by atoms with van der Waals surface area (Å²) in [4.78, 5) is 23.2. The number of hydrogen-bond acceptors (Lipinski definition) is 3. The molecular formula is C22H17N3O2. The van der Waals surface area contributed by atoms with Gasteiger partial charge >= 0.3 is 0 Å². The Balaban J connectivity index is 1.69. The number of ether oxygens (including phenoxy) is 1. The van der Waals surface area contributed by atoms with Crippen LogP contribution in [0.2, 0.25) is 0 Å². The largest absolute Gasteiger partial charge is 0.497 e. The van der Waals surface area contributed by atoms with Crippen LogP contribution in [0.15, 0.2) is 72.8 Å². The second-order valence-corrected chi connectivity index (χ2v) is 6.50. The fraction of sp³-hybridized carbons (Fsp3) is 0.0909. The quantitative estimate of drug-likeness (QED) is 0.595. The second kappa shape index (κ2) is 5.99. The lowest BCUT2D eigenvalue weighted by Gasteiger charge is -2.24. The van der Waals surface area contributed by atoms with Gasteiger partial charge < -0.3 is 9.72 Å². The van der Waals surface area contributed by atoms with Crippen LogP contribution >= 0.6 is 0 Å². The monoisotopic (exact) mass is 355 g/mol. The van der Waals surface area contributed by atoms with Crippen molar-refractivity contribution in [3.05, 3.63) is 89.7 Å². The molecule has 132 valence electrons. The first-order valence-corrected chi connectivity index (χ1v) is 8.77. The first kappa shape index (κ1) is 15.6. The van der Waals surface area contributed by atoms with Gasteiger partial charge in [-0.25, -0.2) is 4.98 Å². The highest BCUT2D eigenvalue weighted by molar-refractivity contribution is 6.11. The van der Waals surface area contributed by atoms with Gasteiger partial charge in [-0.3, -0.25) is 9.69 Å². The Labute approximate surface area is 156 Å². The third-order valence-electron chi connectivity index (χ3n) is 4.98.